The van der Waals surface area contributed by atoms with Gasteiger partial charge in [0, 0.05) is 55.4 Å². The summed E-state index contributed by atoms with van der Waals surface area (Å²) >= 11 is 0. The molecular formula is C26H39N5O2. The molecule has 1 amide bonds. The van der Waals surface area contributed by atoms with Crippen molar-refractivity contribution in [2.75, 3.05) is 33.7 Å². The van der Waals surface area contributed by atoms with Crippen LogP contribution in [0.15, 0.2) is 47.8 Å². The number of aromatic nitrogens is 1. The Balaban J connectivity index is 1.64. The number of aliphatic imine (C=N–C) groups is 1. The Morgan fingerprint density at radius 2 is 2.09 bits per heavy atom. The number of nitrogens with zero attached hydrogens (tertiary/aromatic N) is 3. The van der Waals surface area contributed by atoms with Crippen LogP contribution >= 0.6 is 0 Å². The average Bonchev–Trinajstić information content (AvgIpc) is 3.20. The summed E-state index contributed by atoms with van der Waals surface area (Å²) in [6.45, 7) is 12.9. The summed E-state index contributed by atoms with van der Waals surface area (Å²) in [6, 6.07) is 8.69. The molecule has 1 aromatic heterocycles. The summed E-state index contributed by atoms with van der Waals surface area (Å²) in [7, 11) is 3.81. The molecule has 0 aliphatic carbocycles. The molecule has 1 aliphatic rings. The van der Waals surface area contributed by atoms with Gasteiger partial charge in [-0.1, -0.05) is 44.5 Å². The smallest absolute Gasteiger partial charge is 0.292 e. The Kier molecular flexibility index (Phi) is 8.19. The van der Waals surface area contributed by atoms with E-state index in [1.807, 2.05) is 18.3 Å². The summed E-state index contributed by atoms with van der Waals surface area (Å²) in [5, 5.41) is 4.35. The number of para-hydroxylation sites is 1. The number of hydrogen-bond acceptors (Lipinski definition) is 4. The van der Waals surface area contributed by atoms with E-state index in [1.165, 1.54) is 10.9 Å². The van der Waals surface area contributed by atoms with E-state index in [2.05, 4.69) is 71.6 Å². The minimum Gasteiger partial charge on any atom is -0.421 e. The number of H-pyrrole nitrogens is 1. The number of piperazine rings is 1. The first-order chi connectivity index (χ1) is 15.7. The van der Waals surface area contributed by atoms with E-state index in [9.17, 15) is 4.79 Å². The van der Waals surface area contributed by atoms with E-state index in [0.29, 0.717) is 6.02 Å². The van der Waals surface area contributed by atoms with Crippen LogP contribution in [0.5, 0.6) is 0 Å². The number of unbranched alkanes of at least 4 members (excludes halogenated alkanes) is 1. The highest BCUT2D eigenvalue weighted by molar-refractivity contribution is 5.94. The number of carbonyl (C=O) groups excluding carboxylic acids is 1. The largest absolute Gasteiger partial charge is 0.421 e. The number of hydrogen-bond donors (Lipinski definition) is 2. The lowest BCUT2D eigenvalue weighted by molar-refractivity contribution is -0.120. The monoisotopic (exact) mass is 453 g/mol. The third-order valence-electron chi connectivity index (χ3n) is 6.63. The van der Waals surface area contributed by atoms with Crippen LogP contribution in [0.4, 0.5) is 0 Å². The fourth-order valence-corrected chi connectivity index (χ4v) is 4.32. The van der Waals surface area contributed by atoms with E-state index in [1.54, 1.807) is 7.05 Å². The van der Waals surface area contributed by atoms with Gasteiger partial charge in [0.2, 0.25) is 0 Å². The van der Waals surface area contributed by atoms with Crippen molar-refractivity contribution < 1.29 is 9.53 Å². The van der Waals surface area contributed by atoms with Gasteiger partial charge in [0.15, 0.2) is 5.76 Å². The van der Waals surface area contributed by atoms with Crippen LogP contribution in [0, 0.1) is 0 Å². The highest BCUT2D eigenvalue weighted by atomic mass is 16.5. The fourth-order valence-electron chi connectivity index (χ4n) is 4.32. The third kappa shape index (κ3) is 6.16. The van der Waals surface area contributed by atoms with Crippen LogP contribution in [0.2, 0.25) is 0 Å². The standard InChI is InChI=1S/C26H39N5O2/c1-7-8-11-21(16-20-17-28-23-13-10-9-12-22(20)23)29-24(32)19(2)33-25(27-5)31-15-14-30(6)26(3,4)18-31/h9-10,12-13,17,21,28H,2,7-8,11,14-16,18H2,1,3-6H3,(H,29,32)/b27-25-. The molecule has 0 radical (unpaired) electrons. The van der Waals surface area contributed by atoms with Crippen molar-refractivity contribution in [2.24, 2.45) is 4.99 Å². The van der Waals surface area contributed by atoms with E-state index in [-0.39, 0.29) is 23.2 Å². The van der Waals surface area contributed by atoms with Crippen LogP contribution in [-0.2, 0) is 16.0 Å². The van der Waals surface area contributed by atoms with Crippen LogP contribution < -0.4 is 5.32 Å². The summed E-state index contributed by atoms with van der Waals surface area (Å²) in [4.78, 5) is 25.0. The summed E-state index contributed by atoms with van der Waals surface area (Å²) in [5.74, 6) is -0.210. The van der Waals surface area contributed by atoms with Gasteiger partial charge in [-0.2, -0.15) is 0 Å². The topological polar surface area (TPSA) is 73.0 Å². The molecule has 7 nitrogen and oxygen atoms in total. The van der Waals surface area contributed by atoms with Gasteiger partial charge in [-0.3, -0.25) is 9.69 Å². The molecule has 180 valence electrons. The number of fused-ring (bicyclic) bond motifs is 1. The normalized spacial score (nSPS) is 17.7. The van der Waals surface area contributed by atoms with Crippen LogP contribution in [0.1, 0.15) is 45.6 Å². The fraction of sp³-hybridized carbons (Fsp3) is 0.538. The second-order valence-corrected chi connectivity index (χ2v) is 9.56. The van der Waals surface area contributed by atoms with Gasteiger partial charge in [-0.15, -0.1) is 0 Å². The second-order valence-electron chi connectivity index (χ2n) is 9.56. The molecule has 3 rings (SSSR count). The number of ether oxygens (including phenoxy) is 1. The summed E-state index contributed by atoms with van der Waals surface area (Å²) in [5.41, 5.74) is 2.31. The lowest BCUT2D eigenvalue weighted by atomic mass is 10.00. The van der Waals surface area contributed by atoms with E-state index < -0.39 is 0 Å². The number of rotatable bonds is 8. The number of likely N-dealkylation sites (N-methyl/N-ethyl adjacent to an activating group) is 1. The highest BCUT2D eigenvalue weighted by Gasteiger charge is 2.33. The van der Waals surface area contributed by atoms with Gasteiger partial charge < -0.3 is 19.9 Å². The van der Waals surface area contributed by atoms with Gasteiger partial charge in [0.05, 0.1) is 0 Å². The molecule has 7 heteroatoms. The maximum atomic E-state index is 13.0. The minimum absolute atomic E-state index is 0.00147. The van der Waals surface area contributed by atoms with Crippen molar-refractivity contribution in [1.29, 1.82) is 0 Å². The lowest BCUT2D eigenvalue weighted by Crippen LogP contribution is -2.59. The third-order valence-corrected chi connectivity index (χ3v) is 6.63. The second kappa shape index (κ2) is 10.9. The van der Waals surface area contributed by atoms with Crippen LogP contribution in [-0.4, -0.2) is 72.0 Å². The minimum atomic E-state index is -0.287. The average molecular weight is 454 g/mol. The van der Waals surface area contributed by atoms with Gasteiger partial charge >= 0.3 is 0 Å². The number of nitrogens with one attached hydrogen (secondary N) is 2. The number of amides is 1. The van der Waals surface area contributed by atoms with Crippen molar-refractivity contribution in [1.82, 2.24) is 20.1 Å². The molecule has 33 heavy (non-hydrogen) atoms. The van der Waals surface area contributed by atoms with Crippen LogP contribution in [0.25, 0.3) is 10.9 Å². The SMILES string of the molecule is C=C(O/C(=N\C)N1CCN(C)C(C)(C)C1)C(=O)NC(CCCC)Cc1c[nH]c2ccccc12. The Hall–Kier alpha value is -2.80. The highest BCUT2D eigenvalue weighted by Crippen LogP contribution is 2.22. The quantitative estimate of drug-likeness (QED) is 0.275. The molecule has 0 saturated carbocycles. The van der Waals surface area contributed by atoms with Crippen molar-refractivity contribution in [3.8, 4) is 0 Å². The molecule has 1 aliphatic heterocycles. The summed E-state index contributed by atoms with van der Waals surface area (Å²) in [6.07, 6.45) is 5.81. The zero-order chi connectivity index (χ0) is 24.0. The number of benzene rings is 1. The summed E-state index contributed by atoms with van der Waals surface area (Å²) < 4.78 is 5.89. The van der Waals surface area contributed by atoms with Gasteiger partial charge in [0.1, 0.15) is 0 Å². The molecule has 2 N–H and O–H groups in total. The van der Waals surface area contributed by atoms with Gasteiger partial charge in [-0.05, 0) is 45.4 Å². The van der Waals surface area contributed by atoms with Crippen molar-refractivity contribution in [2.45, 2.75) is 58.0 Å². The molecule has 1 unspecified atom stereocenters. The number of carbonyl (C=O) groups is 1. The number of aromatic amines is 1. The van der Waals surface area contributed by atoms with Crippen molar-refractivity contribution >= 4 is 22.8 Å². The molecule has 1 atom stereocenters. The Morgan fingerprint density at radius 3 is 2.79 bits per heavy atom. The van der Waals surface area contributed by atoms with Crippen molar-refractivity contribution in [3.05, 3.63) is 48.4 Å². The zero-order valence-electron chi connectivity index (χ0n) is 20.8. The molecule has 0 spiro atoms. The first kappa shape index (κ1) is 24.8. The van der Waals surface area contributed by atoms with Crippen molar-refractivity contribution in [3.63, 3.8) is 0 Å². The van der Waals surface area contributed by atoms with Gasteiger partial charge in [0.25, 0.3) is 11.9 Å². The number of amidine groups is 1. The maximum absolute atomic E-state index is 13.0. The zero-order valence-corrected chi connectivity index (χ0v) is 20.8. The molecular weight excluding hydrogens is 414 g/mol. The predicted molar refractivity (Wildman–Crippen MR) is 135 cm³/mol. The molecule has 1 fully saturated rings. The first-order valence-electron chi connectivity index (χ1n) is 11.9. The first-order valence-corrected chi connectivity index (χ1v) is 11.9. The van der Waals surface area contributed by atoms with E-state index >= 15 is 0 Å². The molecule has 2 heterocycles. The molecule has 1 aromatic carbocycles. The van der Waals surface area contributed by atoms with E-state index in [0.717, 1.165) is 50.8 Å². The Morgan fingerprint density at radius 1 is 1.33 bits per heavy atom. The Labute approximate surface area is 197 Å². The van der Waals surface area contributed by atoms with Crippen LogP contribution in [0.3, 0.4) is 0 Å². The maximum Gasteiger partial charge on any atom is 0.292 e. The predicted octanol–water partition coefficient (Wildman–Crippen LogP) is 3.93. The lowest BCUT2D eigenvalue weighted by Gasteiger charge is -2.45. The van der Waals surface area contributed by atoms with Gasteiger partial charge in [-0.25, -0.2) is 4.99 Å². The molecule has 1 saturated heterocycles. The molecule has 0 bridgehead atoms. The van der Waals surface area contributed by atoms with E-state index in [4.69, 9.17) is 4.74 Å². The Bertz CT molecular complexity index is 993. The molecule has 2 aromatic rings.